The van der Waals surface area contributed by atoms with Crippen molar-refractivity contribution in [3.8, 4) is 0 Å². The molecule has 7 heteroatoms. The summed E-state index contributed by atoms with van der Waals surface area (Å²) in [4.78, 5) is 16.2. The van der Waals surface area contributed by atoms with Gasteiger partial charge in [0.15, 0.2) is 0 Å². The summed E-state index contributed by atoms with van der Waals surface area (Å²) in [7, 11) is 0. The number of aliphatic hydroxyl groups is 1. The zero-order chi connectivity index (χ0) is 12.4. The first-order chi connectivity index (χ1) is 8.15. The van der Waals surface area contributed by atoms with Crippen LogP contribution in [0, 0.1) is 10.1 Å². The lowest BCUT2D eigenvalue weighted by atomic mass is 10.3. The van der Waals surface area contributed by atoms with Crippen molar-refractivity contribution in [2.75, 3.05) is 18.1 Å². The largest absolute Gasteiger partial charge is 0.395 e. The molecule has 1 fully saturated rings. The third-order valence-electron chi connectivity index (χ3n) is 2.67. The lowest BCUT2D eigenvalue weighted by Crippen LogP contribution is -2.30. The van der Waals surface area contributed by atoms with Gasteiger partial charge in [-0.2, -0.15) is 0 Å². The smallest absolute Gasteiger partial charge is 0.311 e. The van der Waals surface area contributed by atoms with Gasteiger partial charge in [0.2, 0.25) is 0 Å². The molecular weight excluding hydrogens is 290 g/mol. The van der Waals surface area contributed by atoms with Gasteiger partial charge in [0.1, 0.15) is 11.9 Å². The van der Waals surface area contributed by atoms with Crippen molar-refractivity contribution in [1.82, 2.24) is 4.98 Å². The molecule has 0 saturated heterocycles. The molecule has 1 aliphatic carbocycles. The maximum Gasteiger partial charge on any atom is 0.311 e. The molecule has 0 spiro atoms. The molecule has 1 N–H and O–H groups in total. The fourth-order valence-electron chi connectivity index (χ4n) is 1.81. The topological polar surface area (TPSA) is 79.5 Å². The van der Waals surface area contributed by atoms with Gasteiger partial charge in [-0.05, 0) is 28.8 Å². The van der Waals surface area contributed by atoms with E-state index >= 15 is 0 Å². The monoisotopic (exact) mass is 301 g/mol. The Labute approximate surface area is 107 Å². The average Bonchev–Trinajstić information content (AvgIpc) is 3.10. The molecule has 0 aromatic carbocycles. The molecule has 0 bridgehead atoms. The fourth-order valence-corrected chi connectivity index (χ4v) is 2.36. The van der Waals surface area contributed by atoms with E-state index in [4.69, 9.17) is 5.11 Å². The Morgan fingerprint density at radius 3 is 2.82 bits per heavy atom. The van der Waals surface area contributed by atoms with Crippen LogP contribution in [0.3, 0.4) is 0 Å². The van der Waals surface area contributed by atoms with Crippen LogP contribution in [0.25, 0.3) is 0 Å². The molecule has 6 nitrogen and oxygen atoms in total. The number of aromatic nitrogens is 1. The lowest BCUT2D eigenvalue weighted by Gasteiger charge is -2.24. The summed E-state index contributed by atoms with van der Waals surface area (Å²) < 4.78 is 0.590. The Bertz CT molecular complexity index is 437. The van der Waals surface area contributed by atoms with E-state index in [2.05, 4.69) is 20.9 Å². The van der Waals surface area contributed by atoms with Gasteiger partial charge in [-0.25, -0.2) is 0 Å². The predicted molar refractivity (Wildman–Crippen MR) is 66.0 cm³/mol. The second-order valence-corrected chi connectivity index (χ2v) is 4.75. The van der Waals surface area contributed by atoms with Crippen LogP contribution in [0.1, 0.15) is 12.8 Å². The third-order valence-corrected chi connectivity index (χ3v) is 3.25. The van der Waals surface area contributed by atoms with Crippen LogP contribution in [-0.4, -0.2) is 34.2 Å². The second kappa shape index (κ2) is 4.97. The minimum Gasteiger partial charge on any atom is -0.395 e. The zero-order valence-corrected chi connectivity index (χ0v) is 10.6. The number of pyridine rings is 1. The van der Waals surface area contributed by atoms with Crippen molar-refractivity contribution in [1.29, 1.82) is 0 Å². The molecule has 1 aromatic rings. The van der Waals surface area contributed by atoms with Crippen LogP contribution in [-0.2, 0) is 0 Å². The van der Waals surface area contributed by atoms with Crippen LogP contribution in [0.4, 0.5) is 11.4 Å². The molecule has 1 aromatic heterocycles. The molecule has 0 aliphatic heterocycles. The Morgan fingerprint density at radius 2 is 2.29 bits per heavy atom. The number of rotatable bonds is 5. The van der Waals surface area contributed by atoms with Gasteiger partial charge in [-0.1, -0.05) is 0 Å². The molecule has 0 radical (unpaired) electrons. The van der Waals surface area contributed by atoms with Crippen molar-refractivity contribution in [2.45, 2.75) is 18.9 Å². The summed E-state index contributed by atoms with van der Waals surface area (Å²) in [6.07, 6.45) is 4.79. The van der Waals surface area contributed by atoms with E-state index in [1.54, 1.807) is 0 Å². The van der Waals surface area contributed by atoms with Crippen molar-refractivity contribution in [3.63, 3.8) is 0 Å². The minimum atomic E-state index is -0.445. The van der Waals surface area contributed by atoms with Gasteiger partial charge in [0.05, 0.1) is 16.0 Å². The first-order valence-electron chi connectivity index (χ1n) is 5.30. The molecular formula is C10H12BrN3O3. The molecule has 0 atom stereocenters. The second-order valence-electron chi connectivity index (χ2n) is 3.89. The molecule has 0 unspecified atom stereocenters. The number of nitro groups is 1. The Kier molecular flexibility index (Phi) is 3.58. The fraction of sp³-hybridized carbons (Fsp3) is 0.500. The number of hydrogen-bond donors (Lipinski definition) is 1. The molecule has 17 heavy (non-hydrogen) atoms. The van der Waals surface area contributed by atoms with Crippen LogP contribution in [0.2, 0.25) is 0 Å². The first kappa shape index (κ1) is 12.3. The molecule has 1 heterocycles. The van der Waals surface area contributed by atoms with Gasteiger partial charge in [0, 0.05) is 18.8 Å². The molecule has 92 valence electrons. The number of nitrogens with zero attached hydrogens (tertiary/aromatic N) is 3. The zero-order valence-electron chi connectivity index (χ0n) is 9.04. The molecule has 2 rings (SSSR count). The van der Waals surface area contributed by atoms with E-state index in [0.717, 1.165) is 12.8 Å². The number of anilines is 1. The van der Waals surface area contributed by atoms with E-state index in [1.165, 1.54) is 12.4 Å². The predicted octanol–water partition coefficient (Wildman–Crippen LogP) is 1.71. The van der Waals surface area contributed by atoms with Crippen LogP contribution < -0.4 is 4.90 Å². The van der Waals surface area contributed by atoms with Gasteiger partial charge in [-0.3, -0.25) is 15.1 Å². The van der Waals surface area contributed by atoms with Crippen LogP contribution in [0.5, 0.6) is 0 Å². The molecule has 1 saturated carbocycles. The van der Waals surface area contributed by atoms with Crippen molar-refractivity contribution >= 4 is 27.3 Å². The van der Waals surface area contributed by atoms with E-state index < -0.39 is 4.92 Å². The number of halogens is 1. The summed E-state index contributed by atoms with van der Waals surface area (Å²) in [6, 6.07) is 0.291. The molecule has 0 amide bonds. The van der Waals surface area contributed by atoms with Crippen LogP contribution in [0.15, 0.2) is 16.9 Å². The normalized spacial score (nSPS) is 14.7. The number of hydrogen-bond acceptors (Lipinski definition) is 5. The summed E-state index contributed by atoms with van der Waals surface area (Å²) in [6.45, 7) is 0.372. The summed E-state index contributed by atoms with van der Waals surface area (Å²) in [5.74, 6) is 0. The highest BCUT2D eigenvalue weighted by Crippen LogP contribution is 2.40. The highest BCUT2D eigenvalue weighted by atomic mass is 79.9. The van der Waals surface area contributed by atoms with Gasteiger partial charge in [-0.15, -0.1) is 0 Å². The van der Waals surface area contributed by atoms with Crippen LogP contribution >= 0.6 is 15.9 Å². The molecule has 1 aliphatic rings. The Balaban J connectivity index is 2.43. The van der Waals surface area contributed by atoms with Crippen molar-refractivity contribution in [2.24, 2.45) is 0 Å². The van der Waals surface area contributed by atoms with E-state index in [9.17, 15) is 10.1 Å². The first-order valence-corrected chi connectivity index (χ1v) is 6.10. The summed E-state index contributed by atoms with van der Waals surface area (Å²) >= 11 is 3.29. The summed E-state index contributed by atoms with van der Waals surface area (Å²) in [5.41, 5.74) is 0.487. The van der Waals surface area contributed by atoms with E-state index in [0.29, 0.717) is 22.7 Å². The van der Waals surface area contributed by atoms with Crippen molar-refractivity contribution < 1.29 is 10.0 Å². The standard InChI is InChI=1S/C10H12BrN3O3/c11-8-5-12-6-9(14(16)17)10(8)13(3-4-15)7-1-2-7/h5-7,15H,1-4H2. The minimum absolute atomic E-state index is 0.0254. The Morgan fingerprint density at radius 1 is 1.59 bits per heavy atom. The quantitative estimate of drug-likeness (QED) is 0.661. The third kappa shape index (κ3) is 2.55. The van der Waals surface area contributed by atoms with Gasteiger partial charge < -0.3 is 10.0 Å². The van der Waals surface area contributed by atoms with Gasteiger partial charge in [0.25, 0.3) is 0 Å². The van der Waals surface area contributed by atoms with E-state index in [-0.39, 0.29) is 12.3 Å². The average molecular weight is 302 g/mol. The van der Waals surface area contributed by atoms with Crippen molar-refractivity contribution in [3.05, 3.63) is 27.0 Å². The Hall–Kier alpha value is -1.21. The maximum absolute atomic E-state index is 11.0. The summed E-state index contributed by atoms with van der Waals surface area (Å²) in [5, 5.41) is 20.0. The van der Waals surface area contributed by atoms with E-state index in [1.807, 2.05) is 4.90 Å². The SMILES string of the molecule is O=[N+]([O-])c1cncc(Br)c1N(CCO)C1CC1. The number of aliphatic hydroxyl groups excluding tert-OH is 1. The highest BCUT2D eigenvalue weighted by molar-refractivity contribution is 9.10. The highest BCUT2D eigenvalue weighted by Gasteiger charge is 2.34. The maximum atomic E-state index is 11.0. The lowest BCUT2D eigenvalue weighted by molar-refractivity contribution is -0.384. The van der Waals surface area contributed by atoms with Gasteiger partial charge >= 0.3 is 5.69 Å².